The maximum atomic E-state index is 12.7. The van der Waals surface area contributed by atoms with Gasteiger partial charge in [0.2, 0.25) is 6.79 Å². The van der Waals surface area contributed by atoms with Crippen molar-refractivity contribution in [3.05, 3.63) is 63.3 Å². The lowest BCUT2D eigenvalue weighted by molar-refractivity contribution is -0.135. The van der Waals surface area contributed by atoms with Gasteiger partial charge in [0.15, 0.2) is 11.5 Å². The lowest BCUT2D eigenvalue weighted by Gasteiger charge is -2.13. The van der Waals surface area contributed by atoms with E-state index in [-0.39, 0.29) is 31.2 Å². The fourth-order valence-corrected chi connectivity index (χ4v) is 3.04. The van der Waals surface area contributed by atoms with Crippen molar-refractivity contribution in [2.45, 2.75) is 20.0 Å². The average molecular weight is 368 g/mol. The van der Waals surface area contributed by atoms with Crippen LogP contribution in [0.5, 0.6) is 17.2 Å². The summed E-state index contributed by atoms with van der Waals surface area (Å²) in [5.74, 6) is 0.710. The van der Waals surface area contributed by atoms with Crippen molar-refractivity contribution >= 4 is 16.9 Å². The van der Waals surface area contributed by atoms with E-state index in [9.17, 15) is 14.4 Å². The molecule has 2 aromatic carbocycles. The van der Waals surface area contributed by atoms with Gasteiger partial charge < -0.3 is 14.2 Å². The monoisotopic (exact) mass is 368 g/mol. The van der Waals surface area contributed by atoms with Crippen molar-refractivity contribution in [1.29, 1.82) is 0 Å². The molecule has 0 unspecified atom stereocenters. The highest BCUT2D eigenvalue weighted by molar-refractivity contribution is 5.80. The minimum atomic E-state index is -0.637. The lowest BCUT2D eigenvalue weighted by Crippen LogP contribution is -2.41. The van der Waals surface area contributed by atoms with E-state index >= 15 is 0 Å². The summed E-state index contributed by atoms with van der Waals surface area (Å²) in [7, 11) is 0. The highest BCUT2D eigenvalue weighted by Crippen LogP contribution is 2.35. The number of hydrogen-bond acceptors (Lipinski definition) is 6. The Balaban J connectivity index is 1.68. The Bertz CT molecular complexity index is 1160. The van der Waals surface area contributed by atoms with Gasteiger partial charge in [-0.15, -0.1) is 0 Å². The van der Waals surface area contributed by atoms with Gasteiger partial charge in [-0.25, -0.2) is 9.59 Å². The Hall–Kier alpha value is -3.55. The second kappa shape index (κ2) is 6.64. The van der Waals surface area contributed by atoms with Gasteiger partial charge in [-0.1, -0.05) is 12.1 Å². The first-order valence-electron chi connectivity index (χ1n) is 8.41. The summed E-state index contributed by atoms with van der Waals surface area (Å²) >= 11 is 0. The second-order valence-corrected chi connectivity index (χ2v) is 5.92. The van der Waals surface area contributed by atoms with Gasteiger partial charge >= 0.3 is 11.7 Å². The second-order valence-electron chi connectivity index (χ2n) is 5.92. The molecule has 2 heterocycles. The summed E-state index contributed by atoms with van der Waals surface area (Å²) in [4.78, 5) is 37.5. The first kappa shape index (κ1) is 16.9. The molecule has 0 saturated heterocycles. The minimum Gasteiger partial charge on any atom is -0.454 e. The Morgan fingerprint density at radius 2 is 1.85 bits per heavy atom. The molecule has 138 valence electrons. The molecule has 0 radical (unpaired) electrons. The Labute approximate surface area is 153 Å². The molecule has 0 amide bonds. The summed E-state index contributed by atoms with van der Waals surface area (Å²) < 4.78 is 18.1. The molecule has 0 saturated carbocycles. The molecule has 0 spiro atoms. The molecular formula is C19H16N2O6. The van der Waals surface area contributed by atoms with Gasteiger partial charge in [0.1, 0.15) is 12.3 Å². The van der Waals surface area contributed by atoms with Crippen molar-refractivity contribution in [2.75, 3.05) is 6.79 Å². The van der Waals surface area contributed by atoms with Gasteiger partial charge in [-0.3, -0.25) is 13.9 Å². The minimum absolute atomic E-state index is 0.118. The molecular weight excluding hydrogens is 352 g/mol. The smallest absolute Gasteiger partial charge is 0.332 e. The molecule has 4 rings (SSSR count). The Morgan fingerprint density at radius 3 is 2.67 bits per heavy atom. The van der Waals surface area contributed by atoms with Gasteiger partial charge in [0, 0.05) is 12.6 Å². The van der Waals surface area contributed by atoms with Crippen LogP contribution in [0.3, 0.4) is 0 Å². The van der Waals surface area contributed by atoms with Crippen LogP contribution in [0.25, 0.3) is 10.9 Å². The normalized spacial score (nSPS) is 12.3. The maximum absolute atomic E-state index is 12.7. The Kier molecular flexibility index (Phi) is 4.15. The number of aromatic nitrogens is 2. The number of para-hydroxylation sites is 1. The molecule has 0 aliphatic carbocycles. The van der Waals surface area contributed by atoms with Gasteiger partial charge in [-0.05, 0) is 31.2 Å². The van der Waals surface area contributed by atoms with Crippen LogP contribution in [0.4, 0.5) is 0 Å². The van der Waals surface area contributed by atoms with E-state index < -0.39 is 11.7 Å². The zero-order valence-electron chi connectivity index (χ0n) is 14.5. The third-order valence-corrected chi connectivity index (χ3v) is 4.31. The van der Waals surface area contributed by atoms with Gasteiger partial charge in [0.25, 0.3) is 5.56 Å². The van der Waals surface area contributed by atoms with Crippen molar-refractivity contribution in [2.24, 2.45) is 0 Å². The number of esters is 1. The first-order valence-corrected chi connectivity index (χ1v) is 8.41. The van der Waals surface area contributed by atoms with Crippen LogP contribution in [-0.4, -0.2) is 21.9 Å². The van der Waals surface area contributed by atoms with Crippen molar-refractivity contribution in [3.63, 3.8) is 0 Å². The molecule has 0 fully saturated rings. The van der Waals surface area contributed by atoms with Crippen molar-refractivity contribution in [3.8, 4) is 17.2 Å². The third-order valence-electron chi connectivity index (χ3n) is 4.31. The summed E-state index contributed by atoms with van der Waals surface area (Å²) in [5, 5.41) is 0.370. The Morgan fingerprint density at radius 1 is 1.07 bits per heavy atom. The summed E-state index contributed by atoms with van der Waals surface area (Å²) in [6.07, 6.45) is 0. The molecule has 1 aromatic heterocycles. The lowest BCUT2D eigenvalue weighted by atomic mass is 10.2. The number of nitrogens with zero attached hydrogens (tertiary/aromatic N) is 2. The molecule has 3 aromatic rings. The van der Waals surface area contributed by atoms with Crippen LogP contribution in [0.1, 0.15) is 6.92 Å². The number of rotatable bonds is 4. The molecule has 27 heavy (non-hydrogen) atoms. The van der Waals surface area contributed by atoms with E-state index in [0.717, 1.165) is 4.57 Å². The molecule has 8 heteroatoms. The molecule has 0 bridgehead atoms. The molecule has 0 atom stereocenters. The maximum Gasteiger partial charge on any atom is 0.332 e. The molecule has 0 N–H and O–H groups in total. The highest BCUT2D eigenvalue weighted by atomic mass is 16.7. The number of hydrogen-bond donors (Lipinski definition) is 0. The van der Waals surface area contributed by atoms with Crippen LogP contribution in [0.15, 0.2) is 52.1 Å². The highest BCUT2D eigenvalue weighted by Gasteiger charge is 2.18. The van der Waals surface area contributed by atoms with E-state index in [1.165, 1.54) is 4.57 Å². The van der Waals surface area contributed by atoms with E-state index in [1.807, 2.05) is 0 Å². The van der Waals surface area contributed by atoms with E-state index in [1.54, 1.807) is 49.4 Å². The number of ether oxygens (including phenoxy) is 3. The SMILES string of the molecule is CCn1c(=O)c2ccccc2n(CC(=O)Oc2ccc3c(c2)OCO3)c1=O. The number of fused-ring (bicyclic) bond motifs is 2. The summed E-state index contributed by atoms with van der Waals surface area (Å²) in [5.41, 5.74) is -0.540. The van der Waals surface area contributed by atoms with Crippen molar-refractivity contribution < 1.29 is 19.0 Å². The van der Waals surface area contributed by atoms with E-state index in [0.29, 0.717) is 22.4 Å². The van der Waals surface area contributed by atoms with Crippen LogP contribution >= 0.6 is 0 Å². The standard InChI is InChI=1S/C19H16N2O6/c1-2-20-18(23)13-5-3-4-6-14(13)21(19(20)24)10-17(22)27-12-7-8-15-16(9-12)26-11-25-15/h3-9H,2,10-11H2,1H3. The third kappa shape index (κ3) is 2.95. The largest absolute Gasteiger partial charge is 0.454 e. The summed E-state index contributed by atoms with van der Waals surface area (Å²) in [6, 6.07) is 11.5. The zero-order valence-corrected chi connectivity index (χ0v) is 14.5. The summed E-state index contributed by atoms with van der Waals surface area (Å²) in [6.45, 7) is 1.70. The molecule has 1 aliphatic heterocycles. The van der Waals surface area contributed by atoms with E-state index in [4.69, 9.17) is 14.2 Å². The predicted octanol–water partition coefficient (Wildman–Crippen LogP) is 1.52. The number of carbonyl (C=O) groups excluding carboxylic acids is 1. The van der Waals surface area contributed by atoms with Crippen molar-refractivity contribution in [1.82, 2.24) is 9.13 Å². The number of carbonyl (C=O) groups is 1. The van der Waals surface area contributed by atoms with Crippen LogP contribution in [0, 0.1) is 0 Å². The van der Waals surface area contributed by atoms with Crippen LogP contribution < -0.4 is 25.5 Å². The fraction of sp³-hybridized carbons (Fsp3) is 0.211. The van der Waals surface area contributed by atoms with Crippen LogP contribution in [-0.2, 0) is 17.9 Å². The van der Waals surface area contributed by atoms with Gasteiger partial charge in [-0.2, -0.15) is 0 Å². The van der Waals surface area contributed by atoms with Gasteiger partial charge in [0.05, 0.1) is 10.9 Å². The fourth-order valence-electron chi connectivity index (χ4n) is 3.04. The van der Waals surface area contributed by atoms with E-state index in [2.05, 4.69) is 0 Å². The quantitative estimate of drug-likeness (QED) is 0.512. The average Bonchev–Trinajstić information content (AvgIpc) is 3.13. The number of benzene rings is 2. The zero-order chi connectivity index (χ0) is 19.0. The molecule has 8 nitrogen and oxygen atoms in total. The van der Waals surface area contributed by atoms with Crippen LogP contribution in [0.2, 0.25) is 0 Å². The predicted molar refractivity (Wildman–Crippen MR) is 96.3 cm³/mol. The first-order chi connectivity index (χ1) is 13.1. The molecule has 1 aliphatic rings. The topological polar surface area (TPSA) is 88.8 Å².